The minimum absolute atomic E-state index is 0.00968. The maximum Gasteiger partial charge on any atom is 0.239 e. The van der Waals surface area contributed by atoms with E-state index in [0.29, 0.717) is 0 Å². The van der Waals surface area contributed by atoms with Gasteiger partial charge in [-0.1, -0.05) is 0 Å². The zero-order chi connectivity index (χ0) is 30.6. The Bertz CT molecular complexity index is 1520. The average Bonchev–Trinajstić information content (AvgIpc) is 2.94. The summed E-state index contributed by atoms with van der Waals surface area (Å²) in [6, 6.07) is 5.55. The predicted octanol–water partition coefficient (Wildman–Crippen LogP) is -1.01. The summed E-state index contributed by atoms with van der Waals surface area (Å²) in [5.74, 6) is -2.83. The molecule has 42 heavy (non-hydrogen) atoms. The molecule has 0 amide bonds. The fraction of sp³-hybridized carbons (Fsp3) is 0.444. The molecule has 2 aliphatic heterocycles. The Morgan fingerprint density at radius 2 is 1.26 bits per heavy atom. The summed E-state index contributed by atoms with van der Waals surface area (Å²) >= 11 is 0. The van der Waals surface area contributed by atoms with Crippen LogP contribution in [0.4, 0.5) is 0 Å². The van der Waals surface area contributed by atoms with E-state index >= 15 is 0 Å². The fourth-order valence-corrected chi connectivity index (χ4v) is 4.79. The van der Waals surface area contributed by atoms with Crippen molar-refractivity contribution in [2.75, 3.05) is 0 Å². The number of rotatable bonds is 5. The second-order valence-corrected chi connectivity index (χ2v) is 10.2. The molecule has 9 N–H and O–H groups in total. The van der Waals surface area contributed by atoms with Gasteiger partial charge in [-0.2, -0.15) is 0 Å². The van der Waals surface area contributed by atoms with Gasteiger partial charge >= 0.3 is 0 Å². The van der Waals surface area contributed by atoms with E-state index in [0.717, 1.165) is 18.2 Å². The number of phenols is 3. The lowest BCUT2D eigenvalue weighted by Gasteiger charge is -2.39. The van der Waals surface area contributed by atoms with E-state index in [1.54, 1.807) is 0 Å². The molecular weight excluding hydrogens is 564 g/mol. The van der Waals surface area contributed by atoms with Gasteiger partial charge in [0.15, 0.2) is 17.3 Å². The quantitative estimate of drug-likeness (QED) is 0.172. The van der Waals surface area contributed by atoms with Gasteiger partial charge in [0.2, 0.25) is 23.8 Å². The molecule has 1 aromatic heterocycles. The summed E-state index contributed by atoms with van der Waals surface area (Å²) in [4.78, 5) is 13.5. The minimum atomic E-state index is -1.81. The Morgan fingerprint density at radius 3 is 1.83 bits per heavy atom. The Balaban J connectivity index is 1.56. The highest BCUT2D eigenvalue weighted by atomic mass is 16.7. The van der Waals surface area contributed by atoms with E-state index in [9.17, 15) is 50.8 Å². The van der Waals surface area contributed by atoms with Crippen LogP contribution < -0.4 is 14.9 Å². The van der Waals surface area contributed by atoms with Crippen molar-refractivity contribution >= 4 is 11.0 Å². The zero-order valence-corrected chi connectivity index (χ0v) is 22.1. The molecule has 0 aliphatic carbocycles. The second-order valence-electron chi connectivity index (χ2n) is 10.2. The maximum atomic E-state index is 13.5. The Hall–Kier alpha value is -3.67. The number of hydrogen-bond acceptors (Lipinski definition) is 15. The summed E-state index contributed by atoms with van der Waals surface area (Å²) in [5.41, 5.74) is -1.24. The van der Waals surface area contributed by atoms with Gasteiger partial charge < -0.3 is 69.3 Å². The lowest BCUT2D eigenvalue weighted by molar-refractivity contribution is -0.268. The van der Waals surface area contributed by atoms with Crippen LogP contribution in [-0.2, 0) is 9.47 Å². The number of aromatic hydroxyl groups is 3. The fourth-order valence-electron chi connectivity index (χ4n) is 4.79. The van der Waals surface area contributed by atoms with Crippen LogP contribution in [0.25, 0.3) is 22.3 Å². The van der Waals surface area contributed by atoms with Crippen molar-refractivity contribution in [2.45, 2.75) is 75.3 Å². The van der Waals surface area contributed by atoms with Crippen molar-refractivity contribution in [3.05, 3.63) is 40.6 Å². The first kappa shape index (κ1) is 29.8. The Labute approximate surface area is 236 Å². The van der Waals surface area contributed by atoms with Gasteiger partial charge in [-0.15, -0.1) is 0 Å². The molecule has 0 unspecified atom stereocenters. The summed E-state index contributed by atoms with van der Waals surface area (Å²) < 4.78 is 27.8. The molecule has 228 valence electrons. The zero-order valence-electron chi connectivity index (χ0n) is 22.1. The topological polar surface area (TPSA) is 249 Å². The van der Waals surface area contributed by atoms with Crippen molar-refractivity contribution in [1.82, 2.24) is 0 Å². The number of aliphatic hydroxyl groups is 6. The average molecular weight is 595 g/mol. The molecule has 3 aromatic rings. The van der Waals surface area contributed by atoms with Crippen molar-refractivity contribution in [1.29, 1.82) is 0 Å². The standard InChI is InChI=1S/C27H30O15/c1-8-17(31)20(34)22(36)26(38-8)41-14-4-3-10(5-12(14)29)24-25(42-27-23(37)21(35)18(32)9(2)39-27)19(33)16-13(30)6-11(28)7-15(16)40-24/h3-9,17-18,20-23,26-32,34-37H,1-2H3/t8-,9-,17-,18-,20+,21+,22+,23+,26+,27+/m0/s1. The van der Waals surface area contributed by atoms with E-state index in [2.05, 4.69) is 0 Å². The second kappa shape index (κ2) is 11.2. The van der Waals surface area contributed by atoms with Crippen LogP contribution in [0.5, 0.6) is 28.7 Å². The van der Waals surface area contributed by atoms with E-state index in [1.807, 2.05) is 0 Å². The molecule has 0 bridgehead atoms. The van der Waals surface area contributed by atoms with Crippen molar-refractivity contribution in [2.24, 2.45) is 0 Å². The van der Waals surface area contributed by atoms with E-state index < -0.39 is 95.2 Å². The van der Waals surface area contributed by atoms with Gasteiger partial charge in [-0.05, 0) is 32.0 Å². The van der Waals surface area contributed by atoms with Crippen LogP contribution in [-0.4, -0.2) is 107 Å². The summed E-state index contributed by atoms with van der Waals surface area (Å²) in [7, 11) is 0. The van der Waals surface area contributed by atoms with Crippen LogP contribution >= 0.6 is 0 Å². The molecule has 10 atom stereocenters. The van der Waals surface area contributed by atoms with Gasteiger partial charge in [0.25, 0.3) is 0 Å². The van der Waals surface area contributed by atoms with E-state index in [1.165, 1.54) is 26.0 Å². The molecule has 15 heteroatoms. The van der Waals surface area contributed by atoms with Crippen molar-refractivity contribution in [3.63, 3.8) is 0 Å². The molecule has 2 aromatic carbocycles. The molecule has 15 nitrogen and oxygen atoms in total. The number of aliphatic hydroxyl groups excluding tert-OH is 6. The summed E-state index contributed by atoms with van der Waals surface area (Å²) in [5, 5.41) is 91.5. The third kappa shape index (κ3) is 5.21. The highest BCUT2D eigenvalue weighted by molar-refractivity contribution is 5.88. The minimum Gasteiger partial charge on any atom is -0.508 e. The van der Waals surface area contributed by atoms with Crippen molar-refractivity contribution in [3.8, 4) is 40.1 Å². The first-order chi connectivity index (χ1) is 19.8. The van der Waals surface area contributed by atoms with Crippen LogP contribution in [0.15, 0.2) is 39.5 Å². The largest absolute Gasteiger partial charge is 0.508 e. The number of fused-ring (bicyclic) bond motifs is 1. The van der Waals surface area contributed by atoms with Crippen LogP contribution in [0.1, 0.15) is 13.8 Å². The number of benzene rings is 2. The number of phenolic OH excluding ortho intramolecular Hbond substituents is 3. The SMILES string of the molecule is C[C@@H]1O[C@H](Oc2ccc(-c3oc4cc(O)cc(O)c4c(=O)c3O[C@H]3O[C@@H](C)[C@H](O)[C@@H](O)[C@H]3O)cc2O)[C@H](O)[C@H](O)[C@H]1O. The number of ether oxygens (including phenoxy) is 4. The van der Waals surface area contributed by atoms with Gasteiger partial charge in [-0.3, -0.25) is 4.79 Å². The van der Waals surface area contributed by atoms with Gasteiger partial charge in [0.1, 0.15) is 59.1 Å². The Kier molecular flexibility index (Phi) is 7.95. The molecule has 2 saturated heterocycles. The first-order valence-electron chi connectivity index (χ1n) is 12.9. The predicted molar refractivity (Wildman–Crippen MR) is 139 cm³/mol. The monoisotopic (exact) mass is 594 g/mol. The van der Waals surface area contributed by atoms with Crippen LogP contribution in [0.2, 0.25) is 0 Å². The van der Waals surface area contributed by atoms with Crippen LogP contribution in [0, 0.1) is 0 Å². The third-order valence-corrected chi connectivity index (χ3v) is 7.23. The first-order valence-corrected chi connectivity index (χ1v) is 12.9. The molecule has 2 aliphatic rings. The van der Waals surface area contributed by atoms with Gasteiger partial charge in [-0.25, -0.2) is 0 Å². The van der Waals surface area contributed by atoms with E-state index in [-0.39, 0.29) is 22.7 Å². The lowest BCUT2D eigenvalue weighted by Crippen LogP contribution is -2.58. The highest BCUT2D eigenvalue weighted by Gasteiger charge is 2.45. The summed E-state index contributed by atoms with van der Waals surface area (Å²) in [6.07, 6.45) is -14.6. The highest BCUT2D eigenvalue weighted by Crippen LogP contribution is 2.40. The van der Waals surface area contributed by atoms with Crippen molar-refractivity contribution < 1.29 is 69.3 Å². The summed E-state index contributed by atoms with van der Waals surface area (Å²) in [6.45, 7) is 2.85. The maximum absolute atomic E-state index is 13.5. The molecule has 0 spiro atoms. The smallest absolute Gasteiger partial charge is 0.239 e. The number of hydrogen-bond donors (Lipinski definition) is 9. The molecule has 5 rings (SSSR count). The molecule has 0 saturated carbocycles. The molecule has 3 heterocycles. The molecule has 2 fully saturated rings. The van der Waals surface area contributed by atoms with Crippen LogP contribution in [0.3, 0.4) is 0 Å². The molecular formula is C27H30O15. The Morgan fingerprint density at radius 1 is 0.690 bits per heavy atom. The molecule has 0 radical (unpaired) electrons. The van der Waals surface area contributed by atoms with E-state index in [4.69, 9.17) is 23.4 Å². The lowest BCUT2D eigenvalue weighted by atomic mass is 10.00. The third-order valence-electron chi connectivity index (χ3n) is 7.23. The van der Waals surface area contributed by atoms with Gasteiger partial charge in [0.05, 0.1) is 12.2 Å². The van der Waals surface area contributed by atoms with Gasteiger partial charge in [0, 0.05) is 17.7 Å². The normalized spacial score (nSPS) is 33.4.